The van der Waals surface area contributed by atoms with E-state index < -0.39 is 5.41 Å². The summed E-state index contributed by atoms with van der Waals surface area (Å²) < 4.78 is 15.5. The fraction of sp³-hybridized carbons (Fsp3) is 0.529. The molecule has 1 heterocycles. The quantitative estimate of drug-likeness (QED) is 0.546. The fourth-order valence-corrected chi connectivity index (χ4v) is 2.67. The Hall–Kier alpha value is -2.28. The van der Waals surface area contributed by atoms with E-state index in [1.165, 1.54) is 0 Å². The molecule has 1 saturated carbocycles. The molecule has 2 amide bonds. The summed E-state index contributed by atoms with van der Waals surface area (Å²) >= 11 is 0. The van der Waals surface area contributed by atoms with Gasteiger partial charge in [0.25, 0.3) is 0 Å². The molecule has 2 aliphatic rings. The second-order valence-corrected chi connectivity index (χ2v) is 6.05. The van der Waals surface area contributed by atoms with Gasteiger partial charge >= 0.3 is 0 Å². The first kappa shape index (κ1) is 16.6. The van der Waals surface area contributed by atoms with Crippen LogP contribution in [-0.4, -0.2) is 38.9 Å². The van der Waals surface area contributed by atoms with Crippen LogP contribution in [0.25, 0.3) is 0 Å². The Morgan fingerprint density at radius 1 is 1.17 bits per heavy atom. The number of benzene rings is 1. The summed E-state index contributed by atoms with van der Waals surface area (Å²) in [7, 11) is 1.62. The second kappa shape index (κ2) is 7.09. The van der Waals surface area contributed by atoms with Crippen LogP contribution in [0, 0.1) is 5.41 Å². The van der Waals surface area contributed by atoms with Crippen molar-refractivity contribution in [2.45, 2.75) is 25.8 Å². The lowest BCUT2D eigenvalue weighted by Gasteiger charge is -2.15. The van der Waals surface area contributed by atoms with Gasteiger partial charge in [0, 0.05) is 26.8 Å². The van der Waals surface area contributed by atoms with Gasteiger partial charge in [0.1, 0.15) is 5.41 Å². The number of hydrogen-bond donors (Lipinski definition) is 2. The largest absolute Gasteiger partial charge is 0.454 e. The van der Waals surface area contributed by atoms with E-state index in [9.17, 15) is 9.59 Å². The van der Waals surface area contributed by atoms with Crippen molar-refractivity contribution in [2.75, 3.05) is 27.1 Å². The summed E-state index contributed by atoms with van der Waals surface area (Å²) in [5.74, 6) is 0.976. The van der Waals surface area contributed by atoms with Crippen molar-refractivity contribution in [1.82, 2.24) is 10.6 Å². The number of ether oxygens (including phenoxy) is 3. The highest BCUT2D eigenvalue weighted by molar-refractivity contribution is 6.07. The molecule has 1 aromatic rings. The molecular formula is C17H22N2O5. The summed E-state index contributed by atoms with van der Waals surface area (Å²) in [4.78, 5) is 24.7. The number of nitrogens with one attached hydrogen (secondary N) is 2. The van der Waals surface area contributed by atoms with Gasteiger partial charge in [0.05, 0.1) is 0 Å². The lowest BCUT2D eigenvalue weighted by molar-refractivity contribution is -0.137. The number of carbonyl (C=O) groups is 2. The number of rotatable bonds is 8. The third kappa shape index (κ3) is 3.46. The van der Waals surface area contributed by atoms with Crippen molar-refractivity contribution in [1.29, 1.82) is 0 Å². The average Bonchev–Trinajstić information content (AvgIpc) is 3.28. The summed E-state index contributed by atoms with van der Waals surface area (Å²) in [6.07, 6.45) is 1.92. The predicted molar refractivity (Wildman–Crippen MR) is 85.6 cm³/mol. The van der Waals surface area contributed by atoms with Gasteiger partial charge in [0.2, 0.25) is 18.6 Å². The van der Waals surface area contributed by atoms with Crippen LogP contribution in [0.1, 0.15) is 24.8 Å². The first-order chi connectivity index (χ1) is 11.7. The van der Waals surface area contributed by atoms with Crippen LogP contribution in [0.15, 0.2) is 18.2 Å². The molecule has 24 heavy (non-hydrogen) atoms. The van der Waals surface area contributed by atoms with Crippen molar-refractivity contribution in [3.63, 3.8) is 0 Å². The van der Waals surface area contributed by atoms with E-state index in [-0.39, 0.29) is 18.6 Å². The summed E-state index contributed by atoms with van der Waals surface area (Å²) in [6, 6.07) is 5.53. The Morgan fingerprint density at radius 2 is 1.92 bits per heavy atom. The molecule has 7 heteroatoms. The normalized spacial score (nSPS) is 16.5. The van der Waals surface area contributed by atoms with Crippen LogP contribution in [0.4, 0.5) is 0 Å². The summed E-state index contributed by atoms with van der Waals surface area (Å²) in [5, 5.41) is 5.67. The van der Waals surface area contributed by atoms with Crippen molar-refractivity contribution < 1.29 is 23.8 Å². The van der Waals surface area contributed by atoms with E-state index in [1.807, 2.05) is 18.2 Å². The van der Waals surface area contributed by atoms with E-state index >= 15 is 0 Å². The third-order valence-electron chi connectivity index (χ3n) is 4.32. The van der Waals surface area contributed by atoms with Gasteiger partial charge in [-0.15, -0.1) is 0 Å². The SMILES string of the molecule is COCCCNC(=O)C1(C(=O)NCc2ccc3c(c2)OCO3)CC1. The van der Waals surface area contributed by atoms with Crippen LogP contribution >= 0.6 is 0 Å². The maximum atomic E-state index is 12.4. The minimum atomic E-state index is -0.899. The maximum Gasteiger partial charge on any atom is 0.235 e. The molecule has 0 atom stereocenters. The Morgan fingerprint density at radius 3 is 2.67 bits per heavy atom. The van der Waals surface area contributed by atoms with Gasteiger partial charge in [0.15, 0.2) is 11.5 Å². The molecular weight excluding hydrogens is 312 g/mol. The zero-order valence-corrected chi connectivity index (χ0v) is 13.7. The lowest BCUT2D eigenvalue weighted by Crippen LogP contribution is -2.43. The Bertz CT molecular complexity index is 627. The highest BCUT2D eigenvalue weighted by Crippen LogP contribution is 2.46. The first-order valence-corrected chi connectivity index (χ1v) is 8.10. The molecule has 3 rings (SSSR count). The molecule has 0 saturated heterocycles. The lowest BCUT2D eigenvalue weighted by atomic mass is 10.0. The number of carbonyl (C=O) groups excluding carboxylic acids is 2. The number of fused-ring (bicyclic) bond motifs is 1. The van der Waals surface area contributed by atoms with Gasteiger partial charge in [-0.25, -0.2) is 0 Å². The number of hydrogen-bond acceptors (Lipinski definition) is 5. The third-order valence-corrected chi connectivity index (χ3v) is 4.32. The maximum absolute atomic E-state index is 12.4. The molecule has 130 valence electrons. The highest BCUT2D eigenvalue weighted by atomic mass is 16.7. The van der Waals surface area contributed by atoms with Gasteiger partial charge in [-0.05, 0) is 37.0 Å². The topological polar surface area (TPSA) is 85.9 Å². The molecule has 1 aliphatic heterocycles. The average molecular weight is 334 g/mol. The molecule has 0 radical (unpaired) electrons. The van der Waals surface area contributed by atoms with Gasteiger partial charge in [-0.3, -0.25) is 9.59 Å². The van der Waals surface area contributed by atoms with Crippen LogP contribution in [0.2, 0.25) is 0 Å². The molecule has 1 fully saturated rings. The number of methoxy groups -OCH3 is 1. The molecule has 0 unspecified atom stereocenters. The van der Waals surface area contributed by atoms with E-state index in [4.69, 9.17) is 14.2 Å². The Balaban J connectivity index is 1.50. The van der Waals surface area contributed by atoms with Crippen LogP contribution in [0.3, 0.4) is 0 Å². The molecule has 0 bridgehead atoms. The minimum absolute atomic E-state index is 0.193. The Kier molecular flexibility index (Phi) is 4.89. The molecule has 0 spiro atoms. The first-order valence-electron chi connectivity index (χ1n) is 8.10. The van der Waals surface area contributed by atoms with E-state index in [0.717, 1.165) is 12.0 Å². The minimum Gasteiger partial charge on any atom is -0.454 e. The monoisotopic (exact) mass is 334 g/mol. The smallest absolute Gasteiger partial charge is 0.235 e. The van der Waals surface area contributed by atoms with Crippen molar-refractivity contribution in [3.8, 4) is 11.5 Å². The van der Waals surface area contributed by atoms with Crippen LogP contribution in [-0.2, 0) is 20.9 Å². The van der Waals surface area contributed by atoms with Crippen LogP contribution < -0.4 is 20.1 Å². The molecule has 7 nitrogen and oxygen atoms in total. The number of amides is 2. The fourth-order valence-electron chi connectivity index (χ4n) is 2.67. The second-order valence-electron chi connectivity index (χ2n) is 6.05. The highest BCUT2D eigenvalue weighted by Gasteiger charge is 2.56. The molecule has 2 N–H and O–H groups in total. The van der Waals surface area contributed by atoms with E-state index in [1.54, 1.807) is 7.11 Å². The van der Waals surface area contributed by atoms with Gasteiger partial charge < -0.3 is 24.8 Å². The van der Waals surface area contributed by atoms with Crippen molar-refractivity contribution >= 4 is 11.8 Å². The standard InChI is InChI=1S/C17H22N2O5/c1-22-8-2-7-18-15(20)17(5-6-17)16(21)19-10-12-3-4-13-14(9-12)24-11-23-13/h3-4,9H,2,5-8,10-11H2,1H3,(H,18,20)(H,19,21). The van der Waals surface area contributed by atoms with Gasteiger partial charge in [-0.2, -0.15) is 0 Å². The molecule has 1 aliphatic carbocycles. The van der Waals surface area contributed by atoms with Crippen LogP contribution in [0.5, 0.6) is 11.5 Å². The molecule has 1 aromatic carbocycles. The van der Waals surface area contributed by atoms with Crippen molar-refractivity contribution in [2.24, 2.45) is 5.41 Å². The zero-order valence-electron chi connectivity index (χ0n) is 13.7. The zero-order chi connectivity index (χ0) is 17.0. The summed E-state index contributed by atoms with van der Waals surface area (Å²) in [6.45, 7) is 1.68. The summed E-state index contributed by atoms with van der Waals surface area (Å²) in [5.41, 5.74) is 0.00700. The van der Waals surface area contributed by atoms with Gasteiger partial charge in [-0.1, -0.05) is 6.07 Å². The van der Waals surface area contributed by atoms with E-state index in [2.05, 4.69) is 10.6 Å². The Labute approximate surface area is 140 Å². The predicted octanol–water partition coefficient (Wildman–Crippen LogP) is 0.964. The van der Waals surface area contributed by atoms with Crippen molar-refractivity contribution in [3.05, 3.63) is 23.8 Å². The molecule has 0 aromatic heterocycles. The van der Waals surface area contributed by atoms with E-state index in [0.29, 0.717) is 44.0 Å².